The average molecular weight is 644 g/mol. The second-order valence-corrected chi connectivity index (χ2v) is 11.1. The summed E-state index contributed by atoms with van der Waals surface area (Å²) in [5, 5.41) is 16.3. The van der Waals surface area contributed by atoms with Crippen LogP contribution in [0.3, 0.4) is 0 Å². The molecule has 0 spiro atoms. The van der Waals surface area contributed by atoms with Crippen molar-refractivity contribution >= 4 is 45.0 Å². The molecule has 0 saturated heterocycles. The largest absolute Gasteiger partial charge is 0.430 e. The van der Waals surface area contributed by atoms with Crippen molar-refractivity contribution in [1.29, 1.82) is 0 Å². The van der Waals surface area contributed by atoms with Gasteiger partial charge in [0.25, 0.3) is 5.60 Å². The van der Waals surface area contributed by atoms with E-state index in [1.54, 1.807) is 42.6 Å². The molecular formula is C28H20ClF6N3O2S2. The number of nitrogens with zero attached hydrogens (tertiary/aromatic N) is 1. The van der Waals surface area contributed by atoms with Gasteiger partial charge in [0.05, 0.1) is 5.69 Å². The summed E-state index contributed by atoms with van der Waals surface area (Å²) in [7, 11) is 0. The van der Waals surface area contributed by atoms with Crippen LogP contribution in [0.1, 0.15) is 16.0 Å². The molecule has 5 nitrogen and oxygen atoms in total. The lowest BCUT2D eigenvalue weighted by Gasteiger charge is -2.32. The molecule has 0 fully saturated rings. The number of rotatable bonds is 5. The maximum atomic E-state index is 13.3. The highest BCUT2D eigenvalue weighted by atomic mass is 35.5. The second-order valence-electron chi connectivity index (χ2n) is 8.85. The molecule has 14 heteroatoms. The Morgan fingerprint density at radius 3 is 2.29 bits per heavy atom. The molecule has 42 heavy (non-hydrogen) atoms. The first kappa shape index (κ1) is 31.6. The number of aromatic amines is 1. The minimum atomic E-state index is -5.97. The fourth-order valence-electron chi connectivity index (χ4n) is 4.00. The van der Waals surface area contributed by atoms with Gasteiger partial charge in [-0.05, 0) is 53.2 Å². The number of hydrogen-bond acceptors (Lipinski definition) is 6. The van der Waals surface area contributed by atoms with Crippen molar-refractivity contribution < 1.29 is 31.4 Å². The zero-order valence-electron chi connectivity index (χ0n) is 21.1. The van der Waals surface area contributed by atoms with Crippen LogP contribution in [-0.2, 0) is 12.0 Å². The van der Waals surface area contributed by atoms with E-state index < -0.39 is 23.5 Å². The van der Waals surface area contributed by atoms with Gasteiger partial charge in [0.1, 0.15) is 0 Å². The van der Waals surface area contributed by atoms with E-state index in [9.17, 15) is 36.2 Å². The fourth-order valence-corrected chi connectivity index (χ4v) is 5.67. The molecular weight excluding hydrogens is 624 g/mol. The van der Waals surface area contributed by atoms with Gasteiger partial charge in [-0.25, -0.2) is 0 Å². The van der Waals surface area contributed by atoms with Crippen molar-refractivity contribution in [2.45, 2.75) is 29.3 Å². The molecule has 220 valence electrons. The number of fused-ring (bicyclic) bond motifs is 1. The molecule has 0 radical (unpaired) electrons. The van der Waals surface area contributed by atoms with E-state index in [0.717, 1.165) is 38.9 Å². The van der Waals surface area contributed by atoms with Gasteiger partial charge in [-0.3, -0.25) is 14.9 Å². The number of nitrogens with one attached hydrogen (secondary N) is 1. The minimum Gasteiger partial charge on any atom is -0.369 e. The number of alkyl halides is 6. The number of halogens is 7. The average Bonchev–Trinajstić information content (AvgIpc) is 3.36. The number of aromatic nitrogens is 2. The summed E-state index contributed by atoms with van der Waals surface area (Å²) in [6, 6.07) is 18.4. The summed E-state index contributed by atoms with van der Waals surface area (Å²) in [4.78, 5) is 18.7. The molecule has 5 rings (SSSR count). The van der Waals surface area contributed by atoms with Crippen molar-refractivity contribution in [2.75, 3.05) is 0 Å². The summed E-state index contributed by atoms with van der Waals surface area (Å²) in [5.74, 6) is 0. The van der Waals surface area contributed by atoms with Gasteiger partial charge >= 0.3 is 12.4 Å². The van der Waals surface area contributed by atoms with Gasteiger partial charge in [-0.1, -0.05) is 48.0 Å². The van der Waals surface area contributed by atoms with Crippen LogP contribution in [0.4, 0.5) is 26.3 Å². The number of H-pyrrole nitrogens is 1. The smallest absolute Gasteiger partial charge is 0.369 e. The molecule has 0 unspecified atom stereocenters. The van der Waals surface area contributed by atoms with Crippen molar-refractivity contribution in [3.63, 3.8) is 0 Å². The van der Waals surface area contributed by atoms with Gasteiger partial charge in [0, 0.05) is 55.5 Å². The molecule has 0 bridgehead atoms. The number of thiophene rings is 1. The molecule has 2 aromatic carbocycles. The Bertz CT molecular complexity index is 1720. The van der Waals surface area contributed by atoms with Crippen LogP contribution in [0, 0.1) is 0 Å². The Labute approximate surface area is 248 Å². The van der Waals surface area contributed by atoms with Crippen LogP contribution >= 0.6 is 34.9 Å². The molecule has 0 amide bonds. The molecule has 0 aliphatic heterocycles. The predicted molar refractivity (Wildman–Crippen MR) is 152 cm³/mol. The lowest BCUT2D eigenvalue weighted by Crippen LogP contribution is -2.53. The summed E-state index contributed by atoms with van der Waals surface area (Å²) in [6.07, 6.45) is -9.03. The quantitative estimate of drug-likeness (QED) is 0.134. The third-order valence-electron chi connectivity index (χ3n) is 6.08. The van der Waals surface area contributed by atoms with Crippen molar-refractivity contribution in [1.82, 2.24) is 9.97 Å². The first-order valence-corrected chi connectivity index (χ1v) is 13.9. The van der Waals surface area contributed by atoms with Crippen molar-refractivity contribution in [3.05, 3.63) is 117 Å². The van der Waals surface area contributed by atoms with Crippen LogP contribution < -0.4 is 10.7 Å². The highest BCUT2D eigenvalue weighted by molar-refractivity contribution is 7.97. The lowest BCUT2D eigenvalue weighted by atomic mass is 9.91. The number of benzene rings is 2. The van der Waals surface area contributed by atoms with Crippen LogP contribution in [0.2, 0.25) is 5.02 Å². The van der Waals surface area contributed by atoms with E-state index in [2.05, 4.69) is 9.97 Å². The highest BCUT2D eigenvalue weighted by Gasteiger charge is 2.71. The molecule has 4 N–H and O–H groups in total. The Morgan fingerprint density at radius 1 is 0.952 bits per heavy atom. The van der Waals surface area contributed by atoms with E-state index in [1.807, 2.05) is 18.2 Å². The predicted octanol–water partition coefficient (Wildman–Crippen LogP) is 7.86. The molecule has 0 atom stereocenters. The van der Waals surface area contributed by atoms with Gasteiger partial charge in [-0.15, -0.1) is 11.3 Å². The number of hydrogen-bond donors (Lipinski definition) is 3. The van der Waals surface area contributed by atoms with E-state index in [-0.39, 0.29) is 11.3 Å². The molecule has 5 aromatic rings. The standard InChI is InChI=1S/C23H14ClF6NOS.C5H6N2OS/c24-18-7-2-1-4-13(18)10-16-11-14-5-3-6-17(20(14)33-16)19-12-15(8-9-31-19)21(32,22(25,26)27)23(28,29)30;6-9-4-1-2-5(8)7-3-4/h1-9,11-12,32H,10H2;1-3H,6H2,(H,7,8). The third kappa shape index (κ3) is 6.65. The van der Waals surface area contributed by atoms with E-state index in [4.69, 9.17) is 16.7 Å². The molecule has 0 aliphatic carbocycles. The van der Waals surface area contributed by atoms with Crippen molar-refractivity contribution in [2.24, 2.45) is 5.14 Å². The Balaban J connectivity index is 0.000000385. The topological polar surface area (TPSA) is 92.0 Å². The Hall–Kier alpha value is -3.36. The summed E-state index contributed by atoms with van der Waals surface area (Å²) < 4.78 is 80.5. The van der Waals surface area contributed by atoms with E-state index in [1.165, 1.54) is 17.4 Å². The molecule has 0 saturated carbocycles. The van der Waals surface area contributed by atoms with Gasteiger partial charge in [-0.2, -0.15) is 26.3 Å². The lowest BCUT2D eigenvalue weighted by molar-refractivity contribution is -0.376. The number of pyridine rings is 2. The normalized spacial score (nSPS) is 12.2. The molecule has 3 heterocycles. The first-order chi connectivity index (χ1) is 19.7. The van der Waals surface area contributed by atoms with Gasteiger partial charge in [0.2, 0.25) is 5.56 Å². The zero-order chi connectivity index (χ0) is 30.7. The molecule has 0 aliphatic rings. The fraction of sp³-hybridized carbons (Fsp3) is 0.143. The second kappa shape index (κ2) is 12.5. The first-order valence-electron chi connectivity index (χ1n) is 11.9. The number of aliphatic hydroxyl groups is 1. The summed E-state index contributed by atoms with van der Waals surface area (Å²) in [6.45, 7) is 0. The maximum absolute atomic E-state index is 13.3. The van der Waals surface area contributed by atoms with Crippen LogP contribution in [0.25, 0.3) is 21.3 Å². The monoisotopic (exact) mass is 643 g/mol. The minimum absolute atomic E-state index is 0.104. The maximum Gasteiger partial charge on any atom is 0.430 e. The third-order valence-corrected chi connectivity index (χ3v) is 8.16. The van der Waals surface area contributed by atoms with Crippen LogP contribution in [0.15, 0.2) is 94.9 Å². The van der Waals surface area contributed by atoms with Gasteiger partial charge in [0.15, 0.2) is 0 Å². The van der Waals surface area contributed by atoms with Crippen molar-refractivity contribution in [3.8, 4) is 11.3 Å². The summed E-state index contributed by atoms with van der Waals surface area (Å²) in [5.41, 5.74) is -5.35. The van der Waals surface area contributed by atoms with Crippen LogP contribution in [-0.4, -0.2) is 27.4 Å². The summed E-state index contributed by atoms with van der Waals surface area (Å²) >= 11 is 8.67. The van der Waals surface area contributed by atoms with Gasteiger partial charge < -0.3 is 10.1 Å². The number of nitrogens with two attached hydrogens (primary N) is 1. The Morgan fingerprint density at radius 2 is 1.67 bits per heavy atom. The van der Waals surface area contributed by atoms with Crippen LogP contribution in [0.5, 0.6) is 0 Å². The molecule has 3 aromatic heterocycles. The Kier molecular flexibility index (Phi) is 9.38. The van der Waals surface area contributed by atoms with E-state index in [0.29, 0.717) is 33.8 Å². The van der Waals surface area contributed by atoms with E-state index >= 15 is 0 Å². The highest BCUT2D eigenvalue weighted by Crippen LogP contribution is 2.50. The SMILES string of the molecule is NSc1ccc(=O)[nH]c1.OC(c1ccnc(-c2cccc3cc(Cc4ccccc4Cl)sc23)c1)(C(F)(F)F)C(F)(F)F. The zero-order valence-corrected chi connectivity index (χ0v) is 23.5.